The summed E-state index contributed by atoms with van der Waals surface area (Å²) in [5.41, 5.74) is 1.98. The highest BCUT2D eigenvalue weighted by Gasteiger charge is 2.20. The fourth-order valence-electron chi connectivity index (χ4n) is 3.14. The van der Waals surface area contributed by atoms with Crippen molar-refractivity contribution in [1.82, 2.24) is 20.3 Å². The second-order valence-electron chi connectivity index (χ2n) is 7.05. The van der Waals surface area contributed by atoms with Crippen molar-refractivity contribution in [2.45, 2.75) is 36.8 Å². The summed E-state index contributed by atoms with van der Waals surface area (Å²) < 4.78 is 33.0. The Bertz CT molecular complexity index is 911. The van der Waals surface area contributed by atoms with Crippen LogP contribution in [0.15, 0.2) is 58.5 Å². The highest BCUT2D eigenvalue weighted by molar-refractivity contribution is 7.89. The summed E-state index contributed by atoms with van der Waals surface area (Å²) in [7, 11) is -1.82. The Hall–Kier alpha value is -2.49. The predicted molar refractivity (Wildman–Crippen MR) is 117 cm³/mol. The van der Waals surface area contributed by atoms with Crippen molar-refractivity contribution < 1.29 is 13.2 Å². The molecular formula is C21H29N5O3S. The molecule has 1 fully saturated rings. The number of benzene rings is 1. The average Bonchev–Trinajstić information content (AvgIpc) is 3.30. The molecule has 30 heavy (non-hydrogen) atoms. The lowest BCUT2D eigenvalue weighted by atomic mass is 10.2. The molecule has 1 atom stereocenters. The number of rotatable bonds is 9. The summed E-state index contributed by atoms with van der Waals surface area (Å²) in [6.45, 7) is 2.26. The normalized spacial score (nSPS) is 17.1. The maximum absolute atomic E-state index is 12.4. The molecule has 1 saturated heterocycles. The monoisotopic (exact) mass is 431 g/mol. The van der Waals surface area contributed by atoms with E-state index in [1.54, 1.807) is 37.5 Å². The third kappa shape index (κ3) is 6.79. The lowest BCUT2D eigenvalue weighted by Gasteiger charge is -2.13. The topological polar surface area (TPSA) is 105 Å². The minimum atomic E-state index is -3.53. The van der Waals surface area contributed by atoms with Gasteiger partial charge in [-0.2, -0.15) is 0 Å². The summed E-state index contributed by atoms with van der Waals surface area (Å²) in [4.78, 5) is 8.76. The molecule has 0 bridgehead atoms. The predicted octanol–water partition coefficient (Wildman–Crippen LogP) is 1.45. The first kappa shape index (κ1) is 22.2. The van der Waals surface area contributed by atoms with Crippen LogP contribution in [0.3, 0.4) is 0 Å². The molecule has 0 radical (unpaired) electrons. The molecule has 0 spiro atoms. The zero-order valence-corrected chi connectivity index (χ0v) is 18.0. The minimum Gasteiger partial charge on any atom is -0.377 e. The third-order valence-electron chi connectivity index (χ3n) is 4.84. The third-order valence-corrected chi connectivity index (χ3v) is 6.28. The number of guanidine groups is 1. The molecule has 3 N–H and O–H groups in total. The molecule has 0 saturated carbocycles. The molecule has 0 aliphatic carbocycles. The van der Waals surface area contributed by atoms with E-state index in [-0.39, 0.29) is 11.0 Å². The van der Waals surface area contributed by atoms with Gasteiger partial charge < -0.3 is 15.4 Å². The van der Waals surface area contributed by atoms with Crippen LogP contribution in [0.25, 0.3) is 0 Å². The van der Waals surface area contributed by atoms with E-state index < -0.39 is 10.0 Å². The molecule has 1 aromatic heterocycles. The highest BCUT2D eigenvalue weighted by Crippen LogP contribution is 2.14. The Morgan fingerprint density at radius 3 is 2.70 bits per heavy atom. The van der Waals surface area contributed by atoms with Crippen LogP contribution in [0.1, 0.15) is 24.1 Å². The minimum absolute atomic E-state index is 0.0276. The average molecular weight is 432 g/mol. The van der Waals surface area contributed by atoms with Crippen LogP contribution >= 0.6 is 0 Å². The van der Waals surface area contributed by atoms with Gasteiger partial charge in [-0.1, -0.05) is 18.2 Å². The molecule has 1 aliphatic rings. The Balaban J connectivity index is 1.44. The number of aromatic nitrogens is 1. The SMILES string of the molecule is CN=C(NCCc1ccccn1)NCc1ccc(S(=O)(=O)NCC2CCCO2)cc1. The number of hydrogen-bond donors (Lipinski definition) is 3. The smallest absolute Gasteiger partial charge is 0.240 e. The molecular weight excluding hydrogens is 402 g/mol. The van der Waals surface area contributed by atoms with Gasteiger partial charge in [0.1, 0.15) is 0 Å². The molecule has 0 amide bonds. The molecule has 9 heteroatoms. The van der Waals surface area contributed by atoms with Gasteiger partial charge in [0.25, 0.3) is 0 Å². The van der Waals surface area contributed by atoms with Crippen molar-refractivity contribution in [3.63, 3.8) is 0 Å². The van der Waals surface area contributed by atoms with Gasteiger partial charge in [0.2, 0.25) is 10.0 Å². The molecule has 3 rings (SSSR count). The molecule has 1 unspecified atom stereocenters. The van der Waals surface area contributed by atoms with Gasteiger partial charge >= 0.3 is 0 Å². The zero-order chi connectivity index (χ0) is 21.2. The fraction of sp³-hybridized carbons (Fsp3) is 0.429. The van der Waals surface area contributed by atoms with Crippen LogP contribution in [-0.4, -0.2) is 52.2 Å². The lowest BCUT2D eigenvalue weighted by molar-refractivity contribution is 0.114. The summed E-state index contributed by atoms with van der Waals surface area (Å²) in [6, 6.07) is 12.7. The first-order valence-electron chi connectivity index (χ1n) is 10.1. The number of hydrogen-bond acceptors (Lipinski definition) is 5. The van der Waals surface area contributed by atoms with Gasteiger partial charge in [0.15, 0.2) is 5.96 Å². The molecule has 2 heterocycles. The number of ether oxygens (including phenoxy) is 1. The van der Waals surface area contributed by atoms with E-state index in [2.05, 4.69) is 25.3 Å². The number of sulfonamides is 1. The molecule has 2 aromatic rings. The van der Waals surface area contributed by atoms with Gasteiger partial charge in [-0.15, -0.1) is 0 Å². The largest absolute Gasteiger partial charge is 0.377 e. The first-order chi connectivity index (χ1) is 14.6. The molecule has 162 valence electrons. The van der Waals surface area contributed by atoms with Gasteiger partial charge in [-0.25, -0.2) is 13.1 Å². The van der Waals surface area contributed by atoms with Crippen LogP contribution in [0.5, 0.6) is 0 Å². The second-order valence-corrected chi connectivity index (χ2v) is 8.82. The van der Waals surface area contributed by atoms with Crippen LogP contribution in [0, 0.1) is 0 Å². The van der Waals surface area contributed by atoms with E-state index in [0.717, 1.165) is 30.5 Å². The summed E-state index contributed by atoms with van der Waals surface area (Å²) >= 11 is 0. The van der Waals surface area contributed by atoms with Crippen LogP contribution < -0.4 is 15.4 Å². The number of pyridine rings is 1. The van der Waals surface area contributed by atoms with E-state index in [1.807, 2.05) is 18.2 Å². The van der Waals surface area contributed by atoms with Gasteiger partial charge in [-0.3, -0.25) is 9.98 Å². The second kappa shape index (κ2) is 11.1. The maximum atomic E-state index is 12.4. The molecule has 8 nitrogen and oxygen atoms in total. The van der Waals surface area contributed by atoms with Crippen LogP contribution in [0.2, 0.25) is 0 Å². The first-order valence-corrected chi connectivity index (χ1v) is 11.6. The van der Waals surface area contributed by atoms with Crippen molar-refractivity contribution in [3.05, 3.63) is 59.9 Å². The van der Waals surface area contributed by atoms with Gasteiger partial charge in [0.05, 0.1) is 11.0 Å². The van der Waals surface area contributed by atoms with Crippen molar-refractivity contribution in [3.8, 4) is 0 Å². The number of nitrogens with one attached hydrogen (secondary N) is 3. The standard InChI is InChI=1S/C21H29N5O3S/c1-22-21(24-13-11-18-5-2-3-12-23-18)25-15-17-7-9-20(10-8-17)30(27,28)26-16-19-6-4-14-29-19/h2-3,5,7-10,12,19,26H,4,6,11,13-16H2,1H3,(H2,22,24,25). The van der Waals surface area contributed by atoms with Gasteiger partial charge in [0, 0.05) is 51.6 Å². The van der Waals surface area contributed by atoms with E-state index >= 15 is 0 Å². The molecule has 1 aromatic carbocycles. The Kier molecular flexibility index (Phi) is 8.18. The number of aliphatic imine (C=N–C) groups is 1. The van der Waals surface area contributed by atoms with Crippen LogP contribution in [0.4, 0.5) is 0 Å². The van der Waals surface area contributed by atoms with E-state index in [9.17, 15) is 8.42 Å². The van der Waals surface area contributed by atoms with E-state index in [4.69, 9.17) is 4.74 Å². The Morgan fingerprint density at radius 2 is 2.03 bits per heavy atom. The quantitative estimate of drug-likeness (QED) is 0.410. The number of nitrogens with zero attached hydrogens (tertiary/aromatic N) is 2. The summed E-state index contributed by atoms with van der Waals surface area (Å²) in [5, 5.41) is 6.48. The van der Waals surface area contributed by atoms with Crippen molar-refractivity contribution >= 4 is 16.0 Å². The Morgan fingerprint density at radius 1 is 1.20 bits per heavy atom. The highest BCUT2D eigenvalue weighted by atomic mass is 32.2. The lowest BCUT2D eigenvalue weighted by Crippen LogP contribution is -2.37. The van der Waals surface area contributed by atoms with Crippen molar-refractivity contribution in [1.29, 1.82) is 0 Å². The maximum Gasteiger partial charge on any atom is 0.240 e. The van der Waals surface area contributed by atoms with Crippen LogP contribution in [-0.2, 0) is 27.7 Å². The van der Waals surface area contributed by atoms with E-state index in [1.165, 1.54) is 0 Å². The zero-order valence-electron chi connectivity index (χ0n) is 17.2. The Labute approximate surface area is 178 Å². The summed E-state index contributed by atoms with van der Waals surface area (Å²) in [5.74, 6) is 0.681. The van der Waals surface area contributed by atoms with E-state index in [0.29, 0.717) is 32.2 Å². The fourth-order valence-corrected chi connectivity index (χ4v) is 4.21. The van der Waals surface area contributed by atoms with Crippen molar-refractivity contribution in [2.24, 2.45) is 4.99 Å². The molecule has 1 aliphatic heterocycles. The summed E-state index contributed by atoms with van der Waals surface area (Å²) in [6.07, 6.45) is 4.43. The van der Waals surface area contributed by atoms with Gasteiger partial charge in [-0.05, 0) is 42.7 Å². The van der Waals surface area contributed by atoms with Crippen molar-refractivity contribution in [2.75, 3.05) is 26.7 Å².